The summed E-state index contributed by atoms with van der Waals surface area (Å²) in [6.45, 7) is 1.94. The molecule has 1 aromatic heterocycles. The maximum Gasteiger partial charge on any atom is 0.338 e. The van der Waals surface area contributed by atoms with E-state index in [0.717, 1.165) is 5.56 Å². The quantitative estimate of drug-likeness (QED) is 0.486. The fourth-order valence-corrected chi connectivity index (χ4v) is 3.78. The van der Waals surface area contributed by atoms with Gasteiger partial charge in [0.25, 0.3) is 0 Å². The highest BCUT2D eigenvalue weighted by atomic mass is 16.5. The van der Waals surface area contributed by atoms with Gasteiger partial charge in [-0.05, 0) is 30.5 Å². The molecular formula is C23H21NO5. The fraction of sp³-hybridized carbons (Fsp3) is 0.261. The molecular weight excluding hydrogens is 370 g/mol. The van der Waals surface area contributed by atoms with E-state index in [1.54, 1.807) is 24.3 Å². The normalized spacial score (nSPS) is 17.5. The third-order valence-corrected chi connectivity index (χ3v) is 5.17. The molecule has 2 heterocycles. The van der Waals surface area contributed by atoms with E-state index in [9.17, 15) is 14.4 Å². The van der Waals surface area contributed by atoms with Gasteiger partial charge in [0, 0.05) is 17.9 Å². The average Bonchev–Trinajstić information content (AvgIpc) is 3.13. The predicted octanol–water partition coefficient (Wildman–Crippen LogP) is 3.98. The number of fused-ring (bicyclic) bond motifs is 1. The number of hydrogen-bond donors (Lipinski definition) is 0. The Kier molecular flexibility index (Phi) is 5.16. The second kappa shape index (κ2) is 7.91. The van der Waals surface area contributed by atoms with Gasteiger partial charge in [-0.3, -0.25) is 9.69 Å². The van der Waals surface area contributed by atoms with Crippen molar-refractivity contribution in [2.45, 2.75) is 38.3 Å². The van der Waals surface area contributed by atoms with E-state index in [4.69, 9.17) is 9.15 Å². The summed E-state index contributed by atoms with van der Waals surface area (Å²) in [5, 5.41) is 0.607. The lowest BCUT2D eigenvalue weighted by Crippen LogP contribution is -2.40. The Labute approximate surface area is 167 Å². The van der Waals surface area contributed by atoms with E-state index in [1.807, 2.05) is 37.3 Å². The first-order valence-corrected chi connectivity index (χ1v) is 9.69. The summed E-state index contributed by atoms with van der Waals surface area (Å²) in [5.74, 6) is -0.681. The van der Waals surface area contributed by atoms with Gasteiger partial charge >= 0.3 is 11.6 Å². The van der Waals surface area contributed by atoms with E-state index in [0.29, 0.717) is 29.5 Å². The lowest BCUT2D eigenvalue weighted by Gasteiger charge is -2.26. The van der Waals surface area contributed by atoms with Gasteiger partial charge in [0.05, 0.1) is 5.69 Å². The molecule has 148 valence electrons. The van der Waals surface area contributed by atoms with Crippen molar-refractivity contribution in [1.82, 2.24) is 0 Å². The van der Waals surface area contributed by atoms with Crippen molar-refractivity contribution in [2.24, 2.45) is 0 Å². The van der Waals surface area contributed by atoms with E-state index >= 15 is 0 Å². The highest BCUT2D eigenvalue weighted by Crippen LogP contribution is 2.33. The number of rotatable bonds is 5. The number of benzene rings is 2. The molecule has 1 saturated heterocycles. The first-order chi connectivity index (χ1) is 14.1. The van der Waals surface area contributed by atoms with Crippen molar-refractivity contribution in [2.75, 3.05) is 4.90 Å². The van der Waals surface area contributed by atoms with Crippen molar-refractivity contribution in [3.8, 4) is 0 Å². The summed E-state index contributed by atoms with van der Waals surface area (Å²) in [7, 11) is 0. The third kappa shape index (κ3) is 3.66. The smallest absolute Gasteiger partial charge is 0.338 e. The largest absolute Gasteiger partial charge is 0.456 e. The van der Waals surface area contributed by atoms with Crippen LogP contribution in [0.4, 0.5) is 5.69 Å². The number of ether oxygens (including phenoxy) is 1. The summed E-state index contributed by atoms with van der Waals surface area (Å²) in [6.07, 6.45) is 0.793. The molecule has 29 heavy (non-hydrogen) atoms. The zero-order valence-corrected chi connectivity index (χ0v) is 16.0. The van der Waals surface area contributed by atoms with Crippen LogP contribution >= 0.6 is 0 Å². The van der Waals surface area contributed by atoms with Crippen LogP contribution in [0.2, 0.25) is 0 Å². The number of carbonyl (C=O) groups excluding carboxylic acids is 2. The van der Waals surface area contributed by atoms with Gasteiger partial charge in [-0.2, -0.15) is 0 Å². The van der Waals surface area contributed by atoms with Crippen molar-refractivity contribution in [3.05, 3.63) is 76.6 Å². The van der Waals surface area contributed by atoms with E-state index in [-0.39, 0.29) is 18.4 Å². The Morgan fingerprint density at radius 3 is 2.62 bits per heavy atom. The van der Waals surface area contributed by atoms with Crippen LogP contribution in [0.25, 0.3) is 11.0 Å². The lowest BCUT2D eigenvalue weighted by molar-refractivity contribution is -0.151. The van der Waals surface area contributed by atoms with Crippen molar-refractivity contribution in [3.63, 3.8) is 0 Å². The van der Waals surface area contributed by atoms with Crippen LogP contribution in [0, 0.1) is 0 Å². The van der Waals surface area contributed by atoms with Crippen LogP contribution in [0.15, 0.2) is 69.9 Å². The van der Waals surface area contributed by atoms with Crippen LogP contribution in [-0.2, 0) is 14.3 Å². The molecule has 1 fully saturated rings. The van der Waals surface area contributed by atoms with E-state index < -0.39 is 17.6 Å². The Bertz CT molecular complexity index is 1100. The maximum absolute atomic E-state index is 13.0. The molecule has 1 aliphatic heterocycles. The summed E-state index contributed by atoms with van der Waals surface area (Å²) in [6, 6.07) is 17.0. The second-order valence-corrected chi connectivity index (χ2v) is 7.01. The fourth-order valence-electron chi connectivity index (χ4n) is 3.78. The predicted molar refractivity (Wildman–Crippen MR) is 109 cm³/mol. The topological polar surface area (TPSA) is 76.8 Å². The zero-order valence-electron chi connectivity index (χ0n) is 16.0. The minimum absolute atomic E-state index is 0.213. The number of esters is 1. The van der Waals surface area contributed by atoms with Crippen LogP contribution in [0.1, 0.15) is 37.9 Å². The average molecular weight is 391 g/mol. The molecule has 0 radical (unpaired) electrons. The molecule has 1 aliphatic rings. The Hall–Kier alpha value is -3.41. The Morgan fingerprint density at radius 2 is 1.86 bits per heavy atom. The molecule has 0 unspecified atom stereocenters. The van der Waals surface area contributed by atoms with E-state index in [1.165, 1.54) is 11.0 Å². The highest BCUT2D eigenvalue weighted by molar-refractivity contribution is 6.07. The molecule has 0 saturated carbocycles. The SMILES string of the molecule is CC[C@H](OC(=O)[C@@H]1CCC(=O)N1c1cc(=O)oc2ccccc12)c1ccccc1. The van der Waals surface area contributed by atoms with Crippen LogP contribution in [0.5, 0.6) is 0 Å². The lowest BCUT2D eigenvalue weighted by atomic mass is 10.1. The molecule has 0 aliphatic carbocycles. The number of nitrogens with zero attached hydrogens (tertiary/aromatic N) is 1. The van der Waals surface area contributed by atoms with Crippen LogP contribution < -0.4 is 10.5 Å². The number of hydrogen-bond acceptors (Lipinski definition) is 5. The summed E-state index contributed by atoms with van der Waals surface area (Å²) >= 11 is 0. The van der Waals surface area contributed by atoms with E-state index in [2.05, 4.69) is 0 Å². The number of anilines is 1. The van der Waals surface area contributed by atoms with Crippen molar-refractivity contribution in [1.29, 1.82) is 0 Å². The minimum atomic E-state index is -0.773. The summed E-state index contributed by atoms with van der Waals surface area (Å²) in [5.41, 5.74) is 1.10. The molecule has 2 atom stereocenters. The summed E-state index contributed by atoms with van der Waals surface area (Å²) < 4.78 is 11.0. The first-order valence-electron chi connectivity index (χ1n) is 9.69. The number of para-hydroxylation sites is 1. The molecule has 0 N–H and O–H groups in total. The highest BCUT2D eigenvalue weighted by Gasteiger charge is 2.40. The van der Waals surface area contributed by atoms with Gasteiger partial charge in [-0.1, -0.05) is 49.4 Å². The first kappa shape index (κ1) is 18.9. The van der Waals surface area contributed by atoms with Gasteiger partial charge in [-0.15, -0.1) is 0 Å². The monoisotopic (exact) mass is 391 g/mol. The minimum Gasteiger partial charge on any atom is -0.456 e. The molecule has 4 rings (SSSR count). The molecule has 3 aromatic rings. The maximum atomic E-state index is 13.0. The van der Waals surface area contributed by atoms with Crippen molar-refractivity contribution < 1.29 is 18.7 Å². The molecule has 0 spiro atoms. The Balaban J connectivity index is 1.67. The summed E-state index contributed by atoms with van der Waals surface area (Å²) in [4.78, 5) is 39.1. The van der Waals surface area contributed by atoms with Gasteiger partial charge in [0.2, 0.25) is 5.91 Å². The van der Waals surface area contributed by atoms with Gasteiger partial charge < -0.3 is 9.15 Å². The zero-order chi connectivity index (χ0) is 20.4. The molecule has 1 amide bonds. The molecule has 0 bridgehead atoms. The molecule has 2 aromatic carbocycles. The van der Waals surface area contributed by atoms with Gasteiger partial charge in [0.15, 0.2) is 0 Å². The van der Waals surface area contributed by atoms with Gasteiger partial charge in [-0.25, -0.2) is 9.59 Å². The Morgan fingerprint density at radius 1 is 1.14 bits per heavy atom. The van der Waals surface area contributed by atoms with Crippen LogP contribution in [-0.4, -0.2) is 17.9 Å². The van der Waals surface area contributed by atoms with Crippen LogP contribution in [0.3, 0.4) is 0 Å². The third-order valence-electron chi connectivity index (χ3n) is 5.17. The molecule has 6 nitrogen and oxygen atoms in total. The van der Waals surface area contributed by atoms with Gasteiger partial charge in [0.1, 0.15) is 17.7 Å². The number of carbonyl (C=O) groups is 2. The molecule has 6 heteroatoms. The number of amides is 1. The second-order valence-electron chi connectivity index (χ2n) is 7.01. The van der Waals surface area contributed by atoms with Crippen molar-refractivity contribution >= 4 is 28.5 Å². The standard InChI is InChI=1S/C23H21NO5/c1-2-19(15-8-4-3-5-9-15)29-23(27)17-12-13-21(25)24(17)18-14-22(26)28-20-11-7-6-10-16(18)20/h3-11,14,17,19H,2,12-13H2,1H3/t17-,19-/m0/s1.